The molecule has 8 heteroatoms. The molecule has 0 aliphatic carbocycles. The van der Waals surface area contributed by atoms with Crippen molar-refractivity contribution < 1.29 is 14.4 Å². The van der Waals surface area contributed by atoms with Gasteiger partial charge in [0.05, 0.1) is 0 Å². The van der Waals surface area contributed by atoms with Crippen LogP contribution in [0.1, 0.15) is 33.1 Å². The maximum absolute atomic E-state index is 12.0. The number of nitrogens with two attached hydrogens (primary N) is 1. The number of rotatable bonds is 8. The number of unbranched alkanes of at least 4 members (excludes halogenated alkanes) is 1. The molecular formula is C14H27ClN4O3. The summed E-state index contributed by atoms with van der Waals surface area (Å²) in [6.07, 6.45) is 2.86. The van der Waals surface area contributed by atoms with Crippen LogP contribution in [0, 0.1) is 0 Å². The molecule has 1 aliphatic heterocycles. The topological polar surface area (TPSA) is 95.7 Å². The second-order valence-electron chi connectivity index (χ2n) is 5.25. The van der Waals surface area contributed by atoms with E-state index in [-0.39, 0.29) is 30.9 Å². The fraction of sp³-hybridized carbons (Fsp3) is 0.786. The van der Waals surface area contributed by atoms with Crippen LogP contribution in [0.4, 0.5) is 0 Å². The molecule has 0 saturated carbocycles. The average molecular weight is 335 g/mol. The number of hydrogen-bond acceptors (Lipinski definition) is 4. The van der Waals surface area contributed by atoms with E-state index in [0.717, 1.165) is 19.3 Å². The molecule has 0 spiro atoms. The molecule has 1 atom stereocenters. The number of amides is 3. The van der Waals surface area contributed by atoms with Crippen molar-refractivity contribution in [3.05, 3.63) is 0 Å². The van der Waals surface area contributed by atoms with E-state index in [2.05, 4.69) is 12.2 Å². The van der Waals surface area contributed by atoms with Crippen LogP contribution in [0.15, 0.2) is 0 Å². The van der Waals surface area contributed by atoms with Crippen LogP contribution in [0.3, 0.4) is 0 Å². The van der Waals surface area contributed by atoms with E-state index in [0.29, 0.717) is 26.2 Å². The zero-order valence-corrected chi connectivity index (χ0v) is 14.2. The number of likely N-dealkylation sites (N-methyl/N-ethyl adjacent to an activating group) is 1. The Labute approximate surface area is 138 Å². The molecule has 0 radical (unpaired) electrons. The molecule has 1 saturated heterocycles. The average Bonchev–Trinajstić information content (AvgIpc) is 2.48. The van der Waals surface area contributed by atoms with Crippen molar-refractivity contribution in [3.63, 3.8) is 0 Å². The monoisotopic (exact) mass is 334 g/mol. The largest absolute Gasteiger partial charge is 0.351 e. The second-order valence-corrected chi connectivity index (χ2v) is 5.25. The van der Waals surface area contributed by atoms with Crippen LogP contribution in [0.5, 0.6) is 0 Å². The summed E-state index contributed by atoms with van der Waals surface area (Å²) in [5, 5.41) is 2.83. The van der Waals surface area contributed by atoms with Crippen LogP contribution >= 0.6 is 12.4 Å². The van der Waals surface area contributed by atoms with Crippen LogP contribution in [0.2, 0.25) is 0 Å². The van der Waals surface area contributed by atoms with Crippen LogP contribution < -0.4 is 11.1 Å². The van der Waals surface area contributed by atoms with Crippen molar-refractivity contribution in [1.29, 1.82) is 0 Å². The van der Waals surface area contributed by atoms with Gasteiger partial charge in [0.1, 0.15) is 6.54 Å². The molecule has 3 amide bonds. The minimum Gasteiger partial charge on any atom is -0.351 e. The third kappa shape index (κ3) is 5.81. The predicted octanol–water partition coefficient (Wildman–Crippen LogP) is -0.267. The van der Waals surface area contributed by atoms with Crippen molar-refractivity contribution in [1.82, 2.24) is 15.1 Å². The summed E-state index contributed by atoms with van der Waals surface area (Å²) in [5.74, 6) is -1.39. The summed E-state index contributed by atoms with van der Waals surface area (Å²) in [6, 6.07) is -0.0693. The summed E-state index contributed by atoms with van der Waals surface area (Å²) in [6.45, 7) is 5.59. The van der Waals surface area contributed by atoms with Crippen molar-refractivity contribution in [2.45, 2.75) is 39.2 Å². The second kappa shape index (κ2) is 10.4. The molecule has 128 valence electrons. The first-order valence-electron chi connectivity index (χ1n) is 7.61. The summed E-state index contributed by atoms with van der Waals surface area (Å²) in [4.78, 5) is 38.4. The van der Waals surface area contributed by atoms with Gasteiger partial charge in [0.25, 0.3) is 0 Å². The number of hydrogen-bond donors (Lipinski definition) is 2. The fourth-order valence-electron chi connectivity index (χ4n) is 2.31. The van der Waals surface area contributed by atoms with Gasteiger partial charge in [-0.25, -0.2) is 0 Å². The van der Waals surface area contributed by atoms with E-state index in [1.165, 1.54) is 9.80 Å². The quantitative estimate of drug-likeness (QED) is 0.597. The first kappa shape index (κ1) is 20.7. The number of piperazine rings is 1. The number of carbonyl (C=O) groups excluding carboxylic acids is 3. The van der Waals surface area contributed by atoms with Crippen molar-refractivity contribution in [2.24, 2.45) is 5.73 Å². The maximum atomic E-state index is 12.0. The Morgan fingerprint density at radius 2 is 1.82 bits per heavy atom. The molecule has 1 rings (SSSR count). The van der Waals surface area contributed by atoms with Gasteiger partial charge in [0, 0.05) is 32.2 Å². The lowest BCUT2D eigenvalue weighted by molar-refractivity contribution is -0.156. The molecule has 1 heterocycles. The Kier molecular flexibility index (Phi) is 9.76. The SMILES string of the molecule is CCCCC(CN)NC(=O)CN1CCN(CC)C(=O)C1=O.Cl. The van der Waals surface area contributed by atoms with Crippen molar-refractivity contribution in [3.8, 4) is 0 Å². The third-order valence-electron chi connectivity index (χ3n) is 3.67. The zero-order chi connectivity index (χ0) is 15.8. The highest BCUT2D eigenvalue weighted by Gasteiger charge is 2.32. The molecule has 1 unspecified atom stereocenters. The third-order valence-corrected chi connectivity index (χ3v) is 3.67. The number of nitrogens with zero attached hydrogens (tertiary/aromatic N) is 2. The Morgan fingerprint density at radius 1 is 1.23 bits per heavy atom. The Hall–Kier alpha value is -1.34. The summed E-state index contributed by atoms with van der Waals surface area (Å²) in [7, 11) is 0. The molecule has 0 aromatic carbocycles. The molecule has 1 fully saturated rings. The molecule has 7 nitrogen and oxygen atoms in total. The summed E-state index contributed by atoms with van der Waals surface area (Å²) >= 11 is 0. The molecule has 0 bridgehead atoms. The molecule has 22 heavy (non-hydrogen) atoms. The lowest BCUT2D eigenvalue weighted by atomic mass is 10.1. The summed E-state index contributed by atoms with van der Waals surface area (Å²) in [5.41, 5.74) is 5.62. The molecule has 1 aliphatic rings. The fourth-order valence-corrected chi connectivity index (χ4v) is 2.31. The first-order chi connectivity index (χ1) is 10.0. The smallest absolute Gasteiger partial charge is 0.312 e. The Morgan fingerprint density at radius 3 is 2.36 bits per heavy atom. The summed E-state index contributed by atoms with van der Waals surface area (Å²) < 4.78 is 0. The highest BCUT2D eigenvalue weighted by molar-refractivity contribution is 6.35. The van der Waals surface area contributed by atoms with Gasteiger partial charge in [-0.1, -0.05) is 19.8 Å². The van der Waals surface area contributed by atoms with Gasteiger partial charge in [-0.3, -0.25) is 14.4 Å². The normalized spacial score (nSPS) is 16.3. The lowest BCUT2D eigenvalue weighted by Crippen LogP contribution is -2.56. The van der Waals surface area contributed by atoms with Gasteiger partial charge >= 0.3 is 11.8 Å². The van der Waals surface area contributed by atoms with E-state index in [9.17, 15) is 14.4 Å². The van der Waals surface area contributed by atoms with Gasteiger partial charge in [-0.2, -0.15) is 0 Å². The van der Waals surface area contributed by atoms with Gasteiger partial charge < -0.3 is 20.9 Å². The van der Waals surface area contributed by atoms with Crippen LogP contribution in [-0.4, -0.2) is 66.3 Å². The standard InChI is InChI=1S/C14H26N4O3.ClH/c1-3-5-6-11(9-15)16-12(19)10-18-8-7-17(4-2)13(20)14(18)21;/h11H,3-10,15H2,1-2H3,(H,16,19);1H. The van der Waals surface area contributed by atoms with Gasteiger partial charge in [-0.05, 0) is 13.3 Å². The van der Waals surface area contributed by atoms with E-state index in [1.54, 1.807) is 0 Å². The Balaban J connectivity index is 0.00000441. The van der Waals surface area contributed by atoms with Gasteiger partial charge in [0.2, 0.25) is 5.91 Å². The van der Waals surface area contributed by atoms with Gasteiger partial charge in [0.15, 0.2) is 0 Å². The van der Waals surface area contributed by atoms with E-state index >= 15 is 0 Å². The number of halogens is 1. The molecular weight excluding hydrogens is 308 g/mol. The zero-order valence-electron chi connectivity index (χ0n) is 13.3. The van der Waals surface area contributed by atoms with Gasteiger partial charge in [-0.15, -0.1) is 12.4 Å². The minimum absolute atomic E-state index is 0. The van der Waals surface area contributed by atoms with E-state index < -0.39 is 11.8 Å². The van der Waals surface area contributed by atoms with Crippen LogP contribution in [-0.2, 0) is 14.4 Å². The van der Waals surface area contributed by atoms with Crippen molar-refractivity contribution in [2.75, 3.05) is 32.7 Å². The minimum atomic E-state index is -0.601. The highest BCUT2D eigenvalue weighted by atomic mass is 35.5. The molecule has 3 N–H and O–H groups in total. The molecule has 0 aromatic heterocycles. The Bertz CT molecular complexity index is 392. The first-order valence-corrected chi connectivity index (χ1v) is 7.61. The maximum Gasteiger partial charge on any atom is 0.312 e. The number of carbonyl (C=O) groups is 3. The number of nitrogens with one attached hydrogen (secondary N) is 1. The van der Waals surface area contributed by atoms with Crippen LogP contribution in [0.25, 0.3) is 0 Å². The van der Waals surface area contributed by atoms with E-state index in [1.807, 2.05) is 6.92 Å². The van der Waals surface area contributed by atoms with Crippen molar-refractivity contribution >= 4 is 30.1 Å². The highest BCUT2D eigenvalue weighted by Crippen LogP contribution is 2.05. The molecule has 0 aromatic rings. The predicted molar refractivity (Wildman–Crippen MR) is 86.6 cm³/mol. The lowest BCUT2D eigenvalue weighted by Gasteiger charge is -2.33. The van der Waals surface area contributed by atoms with E-state index in [4.69, 9.17) is 5.73 Å².